The molecule has 0 aromatic carbocycles. The van der Waals surface area contributed by atoms with E-state index in [4.69, 9.17) is 22.5 Å². The highest BCUT2D eigenvalue weighted by atomic mass is 32.1. The fourth-order valence-corrected chi connectivity index (χ4v) is 1.86. The number of aryl methyl sites for hydroxylation is 2. The van der Waals surface area contributed by atoms with Gasteiger partial charge in [-0.25, -0.2) is 0 Å². The molecular weight excluding hydrogens is 264 g/mol. The van der Waals surface area contributed by atoms with Crippen LogP contribution in [0.15, 0.2) is 4.52 Å². The molecule has 2 aromatic heterocycles. The Morgan fingerprint density at radius 2 is 2.05 bits per heavy atom. The third kappa shape index (κ3) is 2.84. The van der Waals surface area contributed by atoms with Crippen molar-refractivity contribution in [2.45, 2.75) is 27.3 Å². The molecule has 0 atom stereocenters. The zero-order chi connectivity index (χ0) is 14.0. The van der Waals surface area contributed by atoms with Gasteiger partial charge in [-0.3, -0.25) is 0 Å². The molecule has 0 spiro atoms. The first kappa shape index (κ1) is 13.3. The van der Waals surface area contributed by atoms with E-state index in [1.165, 1.54) is 0 Å². The summed E-state index contributed by atoms with van der Waals surface area (Å²) < 4.78 is 4.89. The van der Waals surface area contributed by atoms with Crippen molar-refractivity contribution in [1.29, 1.82) is 0 Å². The molecule has 0 aliphatic rings. The highest BCUT2D eigenvalue weighted by Crippen LogP contribution is 2.18. The van der Waals surface area contributed by atoms with Crippen LogP contribution in [0.4, 0.5) is 5.82 Å². The number of rotatable bonds is 4. The molecule has 8 heteroatoms. The first-order chi connectivity index (χ1) is 8.99. The Kier molecular flexibility index (Phi) is 3.70. The summed E-state index contributed by atoms with van der Waals surface area (Å²) in [6, 6.07) is 0. The number of anilines is 1. The summed E-state index contributed by atoms with van der Waals surface area (Å²) >= 11 is 5.05. The van der Waals surface area contributed by atoms with E-state index < -0.39 is 0 Å². The van der Waals surface area contributed by atoms with Crippen LogP contribution in [0.5, 0.6) is 0 Å². The minimum atomic E-state index is 0.280. The fraction of sp³-hybridized carbons (Fsp3) is 0.364. The second kappa shape index (κ2) is 5.27. The Morgan fingerprint density at radius 3 is 2.63 bits per heavy atom. The number of thiocarbonyl (C=S) groups is 1. The van der Waals surface area contributed by atoms with Crippen molar-refractivity contribution in [2.24, 2.45) is 5.73 Å². The molecule has 2 heterocycles. The zero-order valence-electron chi connectivity index (χ0n) is 10.9. The molecule has 0 amide bonds. The third-order valence-corrected chi connectivity index (χ3v) is 2.89. The number of nitrogens with one attached hydrogen (secondary N) is 1. The van der Waals surface area contributed by atoms with Crippen LogP contribution in [0, 0.1) is 20.8 Å². The summed E-state index contributed by atoms with van der Waals surface area (Å²) in [5.74, 6) is 1.57. The predicted octanol–water partition coefficient (Wildman–Crippen LogP) is 1.03. The van der Waals surface area contributed by atoms with Gasteiger partial charge in [0.25, 0.3) is 0 Å². The Balaban J connectivity index is 2.25. The quantitative estimate of drug-likeness (QED) is 0.799. The van der Waals surface area contributed by atoms with Crippen LogP contribution in [0.3, 0.4) is 0 Å². The van der Waals surface area contributed by atoms with Crippen molar-refractivity contribution in [1.82, 2.24) is 20.3 Å². The number of aromatic nitrogens is 4. The van der Waals surface area contributed by atoms with Crippen LogP contribution in [-0.4, -0.2) is 25.3 Å². The van der Waals surface area contributed by atoms with E-state index in [-0.39, 0.29) is 4.99 Å². The largest absolute Gasteiger partial charge is 0.389 e. The highest BCUT2D eigenvalue weighted by molar-refractivity contribution is 7.80. The van der Waals surface area contributed by atoms with E-state index in [1.807, 2.05) is 13.8 Å². The van der Waals surface area contributed by atoms with Gasteiger partial charge in [0.1, 0.15) is 4.99 Å². The van der Waals surface area contributed by atoms with Crippen molar-refractivity contribution < 1.29 is 4.52 Å². The molecular formula is C11H14N6OS. The third-order valence-electron chi connectivity index (χ3n) is 2.68. The van der Waals surface area contributed by atoms with Gasteiger partial charge in [0, 0.05) is 6.92 Å². The molecule has 2 rings (SSSR count). The summed E-state index contributed by atoms with van der Waals surface area (Å²) in [6.45, 7) is 5.86. The Morgan fingerprint density at radius 1 is 1.32 bits per heavy atom. The monoisotopic (exact) mass is 278 g/mol. The second-order valence-electron chi connectivity index (χ2n) is 4.08. The maximum atomic E-state index is 5.73. The molecule has 0 aliphatic carbocycles. The Labute approximate surface area is 115 Å². The van der Waals surface area contributed by atoms with Gasteiger partial charge in [-0.15, -0.1) is 5.10 Å². The van der Waals surface area contributed by atoms with Crippen molar-refractivity contribution in [3.05, 3.63) is 28.5 Å². The minimum absolute atomic E-state index is 0.280. The first-order valence-corrected chi connectivity index (χ1v) is 6.06. The van der Waals surface area contributed by atoms with Crippen LogP contribution in [-0.2, 0) is 6.54 Å². The molecule has 0 unspecified atom stereocenters. The van der Waals surface area contributed by atoms with Gasteiger partial charge in [-0.05, 0) is 19.4 Å². The van der Waals surface area contributed by atoms with Gasteiger partial charge >= 0.3 is 0 Å². The first-order valence-electron chi connectivity index (χ1n) is 5.65. The van der Waals surface area contributed by atoms with Crippen molar-refractivity contribution in [3.8, 4) is 0 Å². The number of nitrogens with two attached hydrogens (primary N) is 1. The highest BCUT2D eigenvalue weighted by Gasteiger charge is 2.14. The van der Waals surface area contributed by atoms with Gasteiger partial charge in [0.15, 0.2) is 11.6 Å². The SMILES string of the molecule is Cc1nc(CNc2nnc(C)c(C)c2C(N)=S)no1. The van der Waals surface area contributed by atoms with Crippen LogP contribution in [0.2, 0.25) is 0 Å². The lowest BCUT2D eigenvalue weighted by molar-refractivity contribution is 0.388. The summed E-state index contributed by atoms with van der Waals surface area (Å²) in [7, 11) is 0. The summed E-state index contributed by atoms with van der Waals surface area (Å²) in [5.41, 5.74) is 8.13. The van der Waals surface area contributed by atoms with E-state index >= 15 is 0 Å². The van der Waals surface area contributed by atoms with Crippen molar-refractivity contribution in [3.63, 3.8) is 0 Å². The molecule has 7 nitrogen and oxygen atoms in total. The van der Waals surface area contributed by atoms with Crippen LogP contribution >= 0.6 is 12.2 Å². The Hall–Kier alpha value is -2.09. The molecule has 0 aliphatic heterocycles. The average molecular weight is 278 g/mol. The lowest BCUT2D eigenvalue weighted by atomic mass is 10.1. The smallest absolute Gasteiger partial charge is 0.223 e. The fourth-order valence-electron chi connectivity index (χ4n) is 1.61. The van der Waals surface area contributed by atoms with E-state index in [2.05, 4.69) is 25.7 Å². The maximum absolute atomic E-state index is 5.73. The lowest BCUT2D eigenvalue weighted by Crippen LogP contribution is -2.18. The molecule has 19 heavy (non-hydrogen) atoms. The van der Waals surface area contributed by atoms with Crippen LogP contribution in [0.1, 0.15) is 28.5 Å². The molecule has 0 saturated carbocycles. The van der Waals surface area contributed by atoms with Crippen molar-refractivity contribution >= 4 is 23.0 Å². The van der Waals surface area contributed by atoms with Crippen LogP contribution in [0.25, 0.3) is 0 Å². The lowest BCUT2D eigenvalue weighted by Gasteiger charge is -2.11. The van der Waals surface area contributed by atoms with Gasteiger partial charge in [-0.1, -0.05) is 17.4 Å². The maximum Gasteiger partial charge on any atom is 0.223 e. The summed E-state index contributed by atoms with van der Waals surface area (Å²) in [5, 5.41) is 15.0. The van der Waals surface area contributed by atoms with Gasteiger partial charge < -0.3 is 15.6 Å². The van der Waals surface area contributed by atoms with Gasteiger partial charge in [0.05, 0.1) is 17.8 Å². The topological polar surface area (TPSA) is 103 Å². The minimum Gasteiger partial charge on any atom is -0.389 e. The molecule has 0 bridgehead atoms. The predicted molar refractivity (Wildman–Crippen MR) is 73.8 cm³/mol. The molecule has 100 valence electrons. The molecule has 0 saturated heterocycles. The van der Waals surface area contributed by atoms with E-state index in [0.717, 1.165) is 11.3 Å². The molecule has 2 aromatic rings. The number of hydrogen-bond donors (Lipinski definition) is 2. The average Bonchev–Trinajstić information content (AvgIpc) is 2.76. The standard InChI is InChI=1S/C11H14N6OS/c1-5-6(2)15-16-11(9(5)10(12)19)13-4-8-14-7(3)18-17-8/h4H2,1-3H3,(H2,12,19)(H,13,16). The second-order valence-corrected chi connectivity index (χ2v) is 4.52. The zero-order valence-corrected chi connectivity index (χ0v) is 11.7. The Bertz CT molecular complexity index is 624. The van der Waals surface area contributed by atoms with E-state index in [1.54, 1.807) is 6.92 Å². The normalized spacial score (nSPS) is 10.5. The molecule has 0 fully saturated rings. The van der Waals surface area contributed by atoms with Gasteiger partial charge in [0.2, 0.25) is 5.89 Å². The van der Waals surface area contributed by atoms with E-state index in [0.29, 0.717) is 29.6 Å². The summed E-state index contributed by atoms with van der Waals surface area (Å²) in [4.78, 5) is 4.37. The van der Waals surface area contributed by atoms with E-state index in [9.17, 15) is 0 Å². The van der Waals surface area contributed by atoms with Crippen molar-refractivity contribution in [2.75, 3.05) is 5.32 Å². The summed E-state index contributed by atoms with van der Waals surface area (Å²) in [6.07, 6.45) is 0. The van der Waals surface area contributed by atoms with Crippen LogP contribution < -0.4 is 11.1 Å². The number of nitrogens with zero attached hydrogens (tertiary/aromatic N) is 4. The molecule has 0 radical (unpaired) electrons. The molecule has 3 N–H and O–H groups in total. The number of hydrogen-bond acceptors (Lipinski definition) is 7. The van der Waals surface area contributed by atoms with Gasteiger partial charge in [-0.2, -0.15) is 10.1 Å².